The van der Waals surface area contributed by atoms with E-state index in [1.54, 1.807) is 42.5 Å². The van der Waals surface area contributed by atoms with Gasteiger partial charge in [0.2, 0.25) is 11.7 Å². The number of nitrogens with zero attached hydrogens (tertiary/aromatic N) is 1. The Morgan fingerprint density at radius 3 is 2.20 bits per heavy atom. The van der Waals surface area contributed by atoms with E-state index >= 15 is 0 Å². The molecule has 0 aliphatic heterocycles. The van der Waals surface area contributed by atoms with Crippen molar-refractivity contribution >= 4 is 28.4 Å². The summed E-state index contributed by atoms with van der Waals surface area (Å²) in [4.78, 5) is 29.7. The Balaban J connectivity index is 1.83. The van der Waals surface area contributed by atoms with E-state index in [-0.39, 0.29) is 12.3 Å². The first-order valence-electron chi connectivity index (χ1n) is 10.8. The molecule has 2 amide bonds. The van der Waals surface area contributed by atoms with Crippen molar-refractivity contribution in [3.63, 3.8) is 0 Å². The normalized spacial score (nSPS) is 10.6. The number of methoxy groups -OCH3 is 3. The van der Waals surface area contributed by atoms with Crippen LogP contribution >= 0.6 is 0 Å². The zero-order chi connectivity index (χ0) is 24.9. The summed E-state index contributed by atoms with van der Waals surface area (Å²) in [6, 6.07) is 19.7. The molecule has 1 aromatic heterocycles. The van der Waals surface area contributed by atoms with E-state index in [1.807, 2.05) is 24.3 Å². The molecule has 4 aromatic rings. The Labute approximate surface area is 202 Å². The Bertz CT molecular complexity index is 1390. The molecule has 3 aromatic carbocycles. The molecule has 8 nitrogen and oxygen atoms in total. The fraction of sp³-hybridized carbons (Fsp3) is 0.148. The number of hydrogen-bond donors (Lipinski definition) is 2. The molecule has 4 rings (SSSR count). The maximum atomic E-state index is 13.5. The standard InChI is InChI=1S/C27H25N3O5/c1-33-23-12-17(13-24(34-2)26(23)35-3)22-15-19(18-9-5-7-11-21(18)29-22)27(32)30-20-10-6-4-8-16(20)14-25(28)31/h4-13,15H,14H2,1-3H3,(H2,28,31)(H,30,32). The van der Waals surface area contributed by atoms with Gasteiger partial charge in [-0.3, -0.25) is 9.59 Å². The van der Waals surface area contributed by atoms with Crippen LogP contribution in [-0.2, 0) is 11.2 Å². The predicted octanol–water partition coefficient (Wildman–Crippen LogP) is 4.21. The number of hydrogen-bond acceptors (Lipinski definition) is 6. The second-order valence-corrected chi connectivity index (χ2v) is 7.74. The number of aromatic nitrogens is 1. The van der Waals surface area contributed by atoms with Gasteiger partial charge in [-0.1, -0.05) is 36.4 Å². The van der Waals surface area contributed by atoms with Crippen LogP contribution in [0.2, 0.25) is 0 Å². The van der Waals surface area contributed by atoms with Crippen LogP contribution in [0, 0.1) is 0 Å². The van der Waals surface area contributed by atoms with Gasteiger partial charge in [-0.15, -0.1) is 0 Å². The van der Waals surface area contributed by atoms with Gasteiger partial charge in [0, 0.05) is 16.6 Å². The second-order valence-electron chi connectivity index (χ2n) is 7.74. The number of fused-ring (bicyclic) bond motifs is 1. The van der Waals surface area contributed by atoms with Gasteiger partial charge in [-0.05, 0) is 35.9 Å². The fourth-order valence-electron chi connectivity index (χ4n) is 3.91. The van der Waals surface area contributed by atoms with Crippen molar-refractivity contribution in [3.8, 4) is 28.5 Å². The molecule has 35 heavy (non-hydrogen) atoms. The molecule has 0 fully saturated rings. The van der Waals surface area contributed by atoms with Crippen LogP contribution in [0.25, 0.3) is 22.2 Å². The van der Waals surface area contributed by atoms with E-state index in [4.69, 9.17) is 24.9 Å². The molecule has 1 heterocycles. The number of amides is 2. The van der Waals surface area contributed by atoms with Crippen LogP contribution in [0.1, 0.15) is 15.9 Å². The minimum Gasteiger partial charge on any atom is -0.493 e. The van der Waals surface area contributed by atoms with Gasteiger partial charge in [0.1, 0.15) is 0 Å². The molecule has 0 saturated heterocycles. The highest BCUT2D eigenvalue weighted by Gasteiger charge is 2.19. The summed E-state index contributed by atoms with van der Waals surface area (Å²) in [6.07, 6.45) is 0.0181. The number of ether oxygens (including phenoxy) is 3. The SMILES string of the molecule is COc1cc(-c2cc(C(=O)Nc3ccccc3CC(N)=O)c3ccccc3n2)cc(OC)c1OC. The monoisotopic (exact) mass is 471 g/mol. The smallest absolute Gasteiger partial charge is 0.256 e. The molecule has 0 bridgehead atoms. The fourth-order valence-corrected chi connectivity index (χ4v) is 3.91. The van der Waals surface area contributed by atoms with Crippen LogP contribution in [0.15, 0.2) is 66.7 Å². The Kier molecular flexibility index (Phi) is 6.82. The minimum absolute atomic E-state index is 0.0181. The van der Waals surface area contributed by atoms with Crippen molar-refractivity contribution in [3.05, 3.63) is 77.9 Å². The number of anilines is 1. The zero-order valence-corrected chi connectivity index (χ0v) is 19.6. The number of primary amides is 1. The van der Waals surface area contributed by atoms with Crippen molar-refractivity contribution in [2.24, 2.45) is 5.73 Å². The molecule has 0 spiro atoms. The first-order valence-corrected chi connectivity index (χ1v) is 10.8. The van der Waals surface area contributed by atoms with Crippen LogP contribution < -0.4 is 25.3 Å². The van der Waals surface area contributed by atoms with Gasteiger partial charge >= 0.3 is 0 Å². The van der Waals surface area contributed by atoms with Crippen molar-refractivity contribution in [2.75, 3.05) is 26.6 Å². The van der Waals surface area contributed by atoms with E-state index in [1.165, 1.54) is 21.3 Å². The summed E-state index contributed by atoms with van der Waals surface area (Å²) in [7, 11) is 4.61. The highest BCUT2D eigenvalue weighted by molar-refractivity contribution is 6.13. The third-order valence-corrected chi connectivity index (χ3v) is 5.55. The first kappa shape index (κ1) is 23.6. The van der Waals surface area contributed by atoms with Crippen LogP contribution in [-0.4, -0.2) is 38.1 Å². The molecule has 8 heteroatoms. The van der Waals surface area contributed by atoms with Gasteiger partial charge < -0.3 is 25.3 Å². The molecule has 0 aliphatic carbocycles. The maximum absolute atomic E-state index is 13.5. The minimum atomic E-state index is -0.481. The molecule has 3 N–H and O–H groups in total. The average Bonchev–Trinajstić information content (AvgIpc) is 2.87. The molecular formula is C27H25N3O5. The lowest BCUT2D eigenvalue weighted by molar-refractivity contribution is -0.117. The van der Waals surface area contributed by atoms with Crippen molar-refractivity contribution in [1.29, 1.82) is 0 Å². The molecule has 178 valence electrons. The van der Waals surface area contributed by atoms with E-state index in [0.29, 0.717) is 56.2 Å². The second kappa shape index (κ2) is 10.1. The number of pyridine rings is 1. The molecule has 0 saturated carbocycles. The Hall–Kier alpha value is -4.59. The number of carbonyl (C=O) groups is 2. The number of nitrogens with two attached hydrogens (primary N) is 1. The summed E-state index contributed by atoms with van der Waals surface area (Å²) in [5.41, 5.74) is 8.84. The van der Waals surface area contributed by atoms with Gasteiger partial charge in [0.15, 0.2) is 11.5 Å². The van der Waals surface area contributed by atoms with Crippen LogP contribution in [0.4, 0.5) is 5.69 Å². The Morgan fingerprint density at radius 1 is 0.886 bits per heavy atom. The van der Waals surface area contributed by atoms with Gasteiger partial charge in [0.05, 0.1) is 44.5 Å². The average molecular weight is 472 g/mol. The van der Waals surface area contributed by atoms with Crippen molar-refractivity contribution in [1.82, 2.24) is 4.98 Å². The van der Waals surface area contributed by atoms with Gasteiger partial charge in [-0.25, -0.2) is 4.98 Å². The number of benzene rings is 3. The van der Waals surface area contributed by atoms with E-state index in [2.05, 4.69) is 5.32 Å². The highest BCUT2D eigenvalue weighted by atomic mass is 16.5. The van der Waals surface area contributed by atoms with E-state index in [9.17, 15) is 9.59 Å². The van der Waals surface area contributed by atoms with Crippen LogP contribution in [0.5, 0.6) is 17.2 Å². The summed E-state index contributed by atoms with van der Waals surface area (Å²) in [5, 5.41) is 3.61. The van der Waals surface area contributed by atoms with Gasteiger partial charge in [0.25, 0.3) is 5.91 Å². The van der Waals surface area contributed by atoms with Crippen LogP contribution in [0.3, 0.4) is 0 Å². The van der Waals surface area contributed by atoms with Crippen molar-refractivity contribution < 1.29 is 23.8 Å². The topological polar surface area (TPSA) is 113 Å². The van der Waals surface area contributed by atoms with Gasteiger partial charge in [-0.2, -0.15) is 0 Å². The first-order chi connectivity index (χ1) is 16.9. The third kappa shape index (κ3) is 4.86. The highest BCUT2D eigenvalue weighted by Crippen LogP contribution is 2.41. The lowest BCUT2D eigenvalue weighted by atomic mass is 10.0. The summed E-state index contributed by atoms with van der Waals surface area (Å²) < 4.78 is 16.4. The summed E-state index contributed by atoms with van der Waals surface area (Å²) >= 11 is 0. The van der Waals surface area contributed by atoms with Crippen molar-refractivity contribution in [2.45, 2.75) is 6.42 Å². The molecule has 0 radical (unpaired) electrons. The lowest BCUT2D eigenvalue weighted by Crippen LogP contribution is -2.18. The number of para-hydroxylation sites is 2. The quantitative estimate of drug-likeness (QED) is 0.398. The molecule has 0 atom stereocenters. The summed E-state index contributed by atoms with van der Waals surface area (Å²) in [6.45, 7) is 0. The largest absolute Gasteiger partial charge is 0.493 e. The van der Waals surface area contributed by atoms with E-state index < -0.39 is 5.91 Å². The molecular weight excluding hydrogens is 446 g/mol. The lowest BCUT2D eigenvalue weighted by Gasteiger charge is -2.15. The van der Waals surface area contributed by atoms with E-state index in [0.717, 1.165) is 0 Å². The number of nitrogens with one attached hydrogen (secondary N) is 1. The Morgan fingerprint density at radius 2 is 1.54 bits per heavy atom. The molecule has 0 aliphatic rings. The number of carbonyl (C=O) groups excluding carboxylic acids is 2. The number of rotatable bonds is 8. The summed E-state index contributed by atoms with van der Waals surface area (Å²) in [5.74, 6) is 0.593. The maximum Gasteiger partial charge on any atom is 0.256 e. The molecule has 0 unspecified atom stereocenters. The third-order valence-electron chi connectivity index (χ3n) is 5.55. The predicted molar refractivity (Wildman–Crippen MR) is 134 cm³/mol. The zero-order valence-electron chi connectivity index (χ0n) is 19.6.